The number of carbonyl (C=O) groups is 2. The normalized spacial score (nSPS) is 9.67. The monoisotopic (exact) mass is 208 g/mol. The van der Waals surface area contributed by atoms with Gasteiger partial charge in [0.2, 0.25) is 5.91 Å². The van der Waals surface area contributed by atoms with E-state index in [1.54, 1.807) is 25.1 Å². The molecule has 0 atom stereocenters. The summed E-state index contributed by atoms with van der Waals surface area (Å²) in [5.41, 5.74) is 7.93. The highest BCUT2D eigenvalue weighted by atomic mass is 16.6. The van der Waals surface area contributed by atoms with Crippen molar-refractivity contribution < 1.29 is 14.4 Å². The first-order chi connectivity index (χ1) is 7.15. The Bertz CT molecular complexity index is 377. The minimum atomic E-state index is -0.568. The fraction of sp³-hybridized carbons (Fsp3) is 0.200. The number of nitrogens with one attached hydrogen (secondary N) is 1. The number of rotatable bonds is 4. The van der Waals surface area contributed by atoms with E-state index in [4.69, 9.17) is 10.6 Å². The smallest absolute Gasteiger partial charge is 0.274 e. The Morgan fingerprint density at radius 3 is 2.67 bits per heavy atom. The first-order valence-corrected chi connectivity index (χ1v) is 4.47. The van der Waals surface area contributed by atoms with Crippen LogP contribution in [0.3, 0.4) is 0 Å². The van der Waals surface area contributed by atoms with Gasteiger partial charge in [-0.2, -0.15) is 0 Å². The van der Waals surface area contributed by atoms with Crippen LogP contribution in [-0.2, 0) is 4.84 Å². The molecule has 0 radical (unpaired) electrons. The van der Waals surface area contributed by atoms with Crippen molar-refractivity contribution in [3.63, 3.8) is 0 Å². The van der Waals surface area contributed by atoms with Crippen LogP contribution in [0.5, 0.6) is 0 Å². The zero-order valence-corrected chi connectivity index (χ0v) is 8.32. The van der Waals surface area contributed by atoms with Gasteiger partial charge < -0.3 is 5.73 Å². The predicted octanol–water partition coefficient (Wildman–Crippen LogP) is 0.467. The largest absolute Gasteiger partial charge is 0.366 e. The Balaban J connectivity index is 2.81. The van der Waals surface area contributed by atoms with Crippen LogP contribution >= 0.6 is 0 Å². The molecule has 5 heteroatoms. The van der Waals surface area contributed by atoms with Crippen LogP contribution in [0.4, 0.5) is 0 Å². The molecule has 0 unspecified atom stereocenters. The van der Waals surface area contributed by atoms with Gasteiger partial charge in [0.15, 0.2) is 0 Å². The van der Waals surface area contributed by atoms with Crippen molar-refractivity contribution in [3.05, 3.63) is 35.4 Å². The van der Waals surface area contributed by atoms with E-state index >= 15 is 0 Å². The maximum absolute atomic E-state index is 11.4. The standard InChI is InChI=1S/C10H12N2O3/c1-2-15-12-10(14)8-5-3-4-7(6-8)9(11)13/h3-6H,2H2,1H3,(H2,11,13)(H,12,14). The summed E-state index contributed by atoms with van der Waals surface area (Å²) in [7, 11) is 0. The van der Waals surface area contributed by atoms with E-state index in [1.807, 2.05) is 0 Å². The molecule has 0 bridgehead atoms. The van der Waals surface area contributed by atoms with Crippen LogP contribution in [0.2, 0.25) is 0 Å². The summed E-state index contributed by atoms with van der Waals surface area (Å²) in [5.74, 6) is -0.971. The van der Waals surface area contributed by atoms with E-state index in [0.29, 0.717) is 17.7 Å². The minimum absolute atomic E-state index is 0.291. The molecule has 0 fully saturated rings. The lowest BCUT2D eigenvalue weighted by Crippen LogP contribution is -2.24. The van der Waals surface area contributed by atoms with E-state index in [-0.39, 0.29) is 0 Å². The van der Waals surface area contributed by atoms with Gasteiger partial charge in [-0.3, -0.25) is 14.4 Å². The van der Waals surface area contributed by atoms with Gasteiger partial charge in [0, 0.05) is 11.1 Å². The molecule has 1 aromatic carbocycles. The molecule has 3 N–H and O–H groups in total. The van der Waals surface area contributed by atoms with Gasteiger partial charge >= 0.3 is 0 Å². The molecule has 0 aliphatic rings. The fourth-order valence-corrected chi connectivity index (χ4v) is 1.01. The summed E-state index contributed by atoms with van der Waals surface area (Å²) in [6.07, 6.45) is 0. The van der Waals surface area contributed by atoms with Crippen molar-refractivity contribution in [3.8, 4) is 0 Å². The number of nitrogens with two attached hydrogens (primary N) is 1. The number of hydroxylamine groups is 1. The second-order valence-corrected chi connectivity index (χ2v) is 2.81. The topological polar surface area (TPSA) is 81.4 Å². The molecule has 0 aromatic heterocycles. The van der Waals surface area contributed by atoms with Crippen molar-refractivity contribution in [1.82, 2.24) is 5.48 Å². The van der Waals surface area contributed by atoms with E-state index in [9.17, 15) is 9.59 Å². The van der Waals surface area contributed by atoms with E-state index < -0.39 is 11.8 Å². The molecule has 0 spiro atoms. The lowest BCUT2D eigenvalue weighted by atomic mass is 10.1. The van der Waals surface area contributed by atoms with Gasteiger partial charge in [-0.25, -0.2) is 5.48 Å². The Labute approximate surface area is 87.2 Å². The van der Waals surface area contributed by atoms with Crippen molar-refractivity contribution >= 4 is 11.8 Å². The summed E-state index contributed by atoms with van der Waals surface area (Å²) >= 11 is 0. The highest BCUT2D eigenvalue weighted by Gasteiger charge is 2.07. The molecule has 0 aliphatic heterocycles. The molecule has 1 rings (SSSR count). The average Bonchev–Trinajstić information content (AvgIpc) is 2.26. The molecule has 2 amide bonds. The summed E-state index contributed by atoms with van der Waals surface area (Å²) in [6.45, 7) is 2.13. The van der Waals surface area contributed by atoms with E-state index in [0.717, 1.165) is 0 Å². The second-order valence-electron chi connectivity index (χ2n) is 2.81. The molecule has 80 valence electrons. The molecular weight excluding hydrogens is 196 g/mol. The van der Waals surface area contributed by atoms with Gasteiger partial charge in [-0.1, -0.05) is 6.07 Å². The van der Waals surface area contributed by atoms with Crippen molar-refractivity contribution in [2.24, 2.45) is 5.73 Å². The molecule has 0 saturated heterocycles. The van der Waals surface area contributed by atoms with Gasteiger partial charge in [-0.05, 0) is 25.1 Å². The number of benzene rings is 1. The number of carbonyl (C=O) groups excluding carboxylic acids is 2. The third kappa shape index (κ3) is 3.07. The van der Waals surface area contributed by atoms with Crippen molar-refractivity contribution in [2.45, 2.75) is 6.92 Å². The SMILES string of the molecule is CCONC(=O)c1cccc(C(N)=O)c1. The number of amides is 2. The summed E-state index contributed by atoms with van der Waals surface area (Å²) in [4.78, 5) is 27.0. The minimum Gasteiger partial charge on any atom is -0.366 e. The Kier molecular flexibility index (Phi) is 3.82. The van der Waals surface area contributed by atoms with Gasteiger partial charge in [0.05, 0.1) is 6.61 Å². The highest BCUT2D eigenvalue weighted by molar-refractivity contribution is 5.98. The zero-order chi connectivity index (χ0) is 11.3. The molecule has 0 aliphatic carbocycles. The van der Waals surface area contributed by atoms with Gasteiger partial charge in [-0.15, -0.1) is 0 Å². The van der Waals surface area contributed by atoms with Crippen LogP contribution in [0.1, 0.15) is 27.6 Å². The number of primary amides is 1. The van der Waals surface area contributed by atoms with Gasteiger partial charge in [0.1, 0.15) is 0 Å². The number of hydrogen-bond acceptors (Lipinski definition) is 3. The molecule has 0 saturated carbocycles. The Morgan fingerprint density at radius 2 is 2.07 bits per heavy atom. The third-order valence-corrected chi connectivity index (χ3v) is 1.72. The first kappa shape index (κ1) is 11.2. The number of hydrogen-bond donors (Lipinski definition) is 2. The maximum atomic E-state index is 11.4. The molecule has 15 heavy (non-hydrogen) atoms. The van der Waals surface area contributed by atoms with E-state index in [2.05, 4.69) is 5.48 Å². The Morgan fingerprint density at radius 1 is 1.40 bits per heavy atom. The summed E-state index contributed by atoms with van der Waals surface area (Å²) in [5, 5.41) is 0. The lowest BCUT2D eigenvalue weighted by Gasteiger charge is -2.04. The molecule has 1 aromatic rings. The van der Waals surface area contributed by atoms with Crippen LogP contribution in [0, 0.1) is 0 Å². The third-order valence-electron chi connectivity index (χ3n) is 1.72. The first-order valence-electron chi connectivity index (χ1n) is 4.47. The summed E-state index contributed by atoms with van der Waals surface area (Å²) in [6, 6.07) is 6.11. The van der Waals surface area contributed by atoms with Crippen molar-refractivity contribution in [1.29, 1.82) is 0 Å². The Hall–Kier alpha value is -1.88. The predicted molar refractivity (Wildman–Crippen MR) is 54.1 cm³/mol. The lowest BCUT2D eigenvalue weighted by molar-refractivity contribution is 0.0364. The van der Waals surface area contributed by atoms with Crippen molar-refractivity contribution in [2.75, 3.05) is 6.61 Å². The maximum Gasteiger partial charge on any atom is 0.274 e. The molecular formula is C10H12N2O3. The molecule has 5 nitrogen and oxygen atoms in total. The second kappa shape index (κ2) is 5.11. The van der Waals surface area contributed by atoms with E-state index in [1.165, 1.54) is 6.07 Å². The van der Waals surface area contributed by atoms with Crippen LogP contribution in [0.25, 0.3) is 0 Å². The molecule has 0 heterocycles. The fourth-order valence-electron chi connectivity index (χ4n) is 1.01. The van der Waals surface area contributed by atoms with Crippen LogP contribution < -0.4 is 11.2 Å². The zero-order valence-electron chi connectivity index (χ0n) is 8.32. The van der Waals surface area contributed by atoms with Crippen LogP contribution in [0.15, 0.2) is 24.3 Å². The summed E-state index contributed by atoms with van der Waals surface area (Å²) < 4.78 is 0. The highest BCUT2D eigenvalue weighted by Crippen LogP contribution is 2.04. The quantitative estimate of drug-likeness (QED) is 0.705. The van der Waals surface area contributed by atoms with Crippen LogP contribution in [-0.4, -0.2) is 18.4 Å². The van der Waals surface area contributed by atoms with Gasteiger partial charge in [0.25, 0.3) is 5.91 Å². The average molecular weight is 208 g/mol.